The third kappa shape index (κ3) is 3.27. The summed E-state index contributed by atoms with van der Waals surface area (Å²) < 4.78 is 0. The molecule has 1 aromatic carbocycles. The molecule has 2 aromatic rings. The monoisotopic (exact) mass is 296 g/mol. The Morgan fingerprint density at radius 2 is 1.95 bits per heavy atom. The van der Waals surface area contributed by atoms with Crippen molar-refractivity contribution in [1.82, 2.24) is 9.88 Å². The zero-order chi connectivity index (χ0) is 15.4. The van der Waals surface area contributed by atoms with Crippen LogP contribution in [0.25, 0.3) is 0 Å². The maximum atomic E-state index is 12.4. The van der Waals surface area contributed by atoms with Gasteiger partial charge in [0.25, 0.3) is 5.91 Å². The molecule has 1 saturated heterocycles. The van der Waals surface area contributed by atoms with Crippen molar-refractivity contribution in [1.29, 1.82) is 0 Å². The molecular weight excluding hydrogens is 276 g/mol. The Hall–Kier alpha value is -2.36. The second-order valence-corrected chi connectivity index (χ2v) is 5.89. The van der Waals surface area contributed by atoms with Gasteiger partial charge in [-0.1, -0.05) is 30.3 Å². The van der Waals surface area contributed by atoms with Crippen LogP contribution in [0.1, 0.15) is 39.3 Å². The van der Waals surface area contributed by atoms with E-state index in [0.717, 1.165) is 38.6 Å². The number of hydrogen-bond acceptors (Lipinski definition) is 2. The summed E-state index contributed by atoms with van der Waals surface area (Å²) in [6, 6.07) is 12.1. The molecule has 4 heteroatoms. The Morgan fingerprint density at radius 1 is 1.23 bits per heavy atom. The molecule has 3 rings (SSSR count). The van der Waals surface area contributed by atoms with Gasteiger partial charge in [0.15, 0.2) is 6.29 Å². The van der Waals surface area contributed by atoms with E-state index in [1.165, 1.54) is 5.56 Å². The highest BCUT2D eigenvalue weighted by atomic mass is 16.2. The smallest absolute Gasteiger partial charge is 0.270 e. The standard InChI is InChI=1S/C18H20N2O2/c21-13-16-11-17(19-12-16)18(22)20-8-6-15(7-9-20)10-14-4-2-1-3-5-14/h1-5,11-13,15,19H,6-10H2. The van der Waals surface area contributed by atoms with Crippen LogP contribution in [0.4, 0.5) is 0 Å². The molecule has 1 fully saturated rings. The van der Waals surface area contributed by atoms with Gasteiger partial charge >= 0.3 is 0 Å². The minimum Gasteiger partial charge on any atom is -0.356 e. The molecule has 22 heavy (non-hydrogen) atoms. The lowest BCUT2D eigenvalue weighted by Crippen LogP contribution is -2.39. The predicted octanol–water partition coefficient (Wildman–Crippen LogP) is 2.92. The number of H-pyrrole nitrogens is 1. The Labute approximate surface area is 130 Å². The average Bonchev–Trinajstić information content (AvgIpc) is 3.05. The van der Waals surface area contributed by atoms with Gasteiger partial charge in [-0.15, -0.1) is 0 Å². The first-order valence-corrected chi connectivity index (χ1v) is 7.73. The molecule has 0 unspecified atom stereocenters. The molecular formula is C18H20N2O2. The molecule has 4 nitrogen and oxygen atoms in total. The van der Waals surface area contributed by atoms with E-state index in [1.807, 2.05) is 11.0 Å². The molecule has 2 heterocycles. The third-order valence-electron chi connectivity index (χ3n) is 4.34. The number of nitrogens with one attached hydrogen (secondary N) is 1. The lowest BCUT2D eigenvalue weighted by molar-refractivity contribution is 0.0685. The average molecular weight is 296 g/mol. The predicted molar refractivity (Wildman–Crippen MR) is 85.0 cm³/mol. The van der Waals surface area contributed by atoms with Crippen LogP contribution in [0, 0.1) is 5.92 Å². The largest absolute Gasteiger partial charge is 0.356 e. The Bertz CT molecular complexity index is 640. The summed E-state index contributed by atoms with van der Waals surface area (Å²) in [6.45, 7) is 1.57. The van der Waals surface area contributed by atoms with Gasteiger partial charge in [-0.25, -0.2) is 0 Å². The van der Waals surface area contributed by atoms with Crippen LogP contribution in [0.3, 0.4) is 0 Å². The highest BCUT2D eigenvalue weighted by Gasteiger charge is 2.24. The fourth-order valence-corrected chi connectivity index (χ4v) is 3.06. The highest BCUT2D eigenvalue weighted by molar-refractivity contribution is 5.94. The fourth-order valence-electron chi connectivity index (χ4n) is 3.06. The molecule has 1 N–H and O–H groups in total. The van der Waals surface area contributed by atoms with Crippen molar-refractivity contribution in [2.45, 2.75) is 19.3 Å². The Kier molecular flexibility index (Phi) is 4.37. The van der Waals surface area contributed by atoms with Gasteiger partial charge in [0.05, 0.1) is 0 Å². The molecule has 0 bridgehead atoms. The SMILES string of the molecule is O=Cc1c[nH]c(C(=O)N2CCC(Cc3ccccc3)CC2)c1. The van der Waals surface area contributed by atoms with E-state index < -0.39 is 0 Å². The summed E-state index contributed by atoms with van der Waals surface area (Å²) in [6.07, 6.45) is 5.46. The van der Waals surface area contributed by atoms with Crippen molar-refractivity contribution in [2.75, 3.05) is 13.1 Å². The van der Waals surface area contributed by atoms with Crippen molar-refractivity contribution in [3.8, 4) is 0 Å². The molecule has 0 atom stereocenters. The van der Waals surface area contributed by atoms with Gasteiger partial charge in [0.1, 0.15) is 5.69 Å². The number of aldehydes is 1. The number of piperidine rings is 1. The first kappa shape index (κ1) is 14.6. The number of nitrogens with zero attached hydrogens (tertiary/aromatic N) is 1. The normalized spacial score (nSPS) is 15.7. The van der Waals surface area contributed by atoms with Gasteiger partial charge in [-0.2, -0.15) is 0 Å². The maximum Gasteiger partial charge on any atom is 0.270 e. The van der Waals surface area contributed by atoms with Crippen LogP contribution in [0.15, 0.2) is 42.6 Å². The van der Waals surface area contributed by atoms with Crippen LogP contribution in [0.5, 0.6) is 0 Å². The van der Waals surface area contributed by atoms with Crippen LogP contribution in [0.2, 0.25) is 0 Å². The van der Waals surface area contributed by atoms with Crippen molar-refractivity contribution >= 4 is 12.2 Å². The molecule has 114 valence electrons. The van der Waals surface area contributed by atoms with E-state index in [2.05, 4.69) is 29.2 Å². The number of aromatic amines is 1. The van der Waals surface area contributed by atoms with Gasteiger partial charge in [0.2, 0.25) is 0 Å². The number of rotatable bonds is 4. The van der Waals surface area contributed by atoms with Gasteiger partial charge in [-0.3, -0.25) is 9.59 Å². The topological polar surface area (TPSA) is 53.2 Å². The molecule has 0 radical (unpaired) electrons. The van der Waals surface area contributed by atoms with Gasteiger partial charge in [0, 0.05) is 24.8 Å². The molecule has 1 aliphatic rings. The van der Waals surface area contributed by atoms with Crippen LogP contribution in [-0.4, -0.2) is 35.2 Å². The van der Waals surface area contributed by atoms with E-state index in [1.54, 1.807) is 12.3 Å². The minimum atomic E-state index is -0.00809. The van der Waals surface area contributed by atoms with Crippen LogP contribution in [-0.2, 0) is 6.42 Å². The molecule has 1 amide bonds. The summed E-state index contributed by atoms with van der Waals surface area (Å²) in [5.41, 5.74) is 2.39. The second-order valence-electron chi connectivity index (χ2n) is 5.89. The second kappa shape index (κ2) is 6.60. The number of aromatic nitrogens is 1. The van der Waals surface area contributed by atoms with Crippen molar-refractivity contribution in [2.24, 2.45) is 5.92 Å². The number of hydrogen-bond donors (Lipinski definition) is 1. The molecule has 1 aliphatic heterocycles. The van der Waals surface area contributed by atoms with E-state index in [0.29, 0.717) is 17.2 Å². The Balaban J connectivity index is 1.55. The van der Waals surface area contributed by atoms with Crippen LogP contribution < -0.4 is 0 Å². The summed E-state index contributed by atoms with van der Waals surface area (Å²) in [5, 5.41) is 0. The van der Waals surface area contributed by atoms with Crippen molar-refractivity contribution in [3.05, 3.63) is 59.4 Å². The Morgan fingerprint density at radius 3 is 2.59 bits per heavy atom. The van der Waals surface area contributed by atoms with E-state index in [4.69, 9.17) is 0 Å². The van der Waals surface area contributed by atoms with Gasteiger partial charge < -0.3 is 9.88 Å². The molecule has 0 aliphatic carbocycles. The lowest BCUT2D eigenvalue weighted by Gasteiger charge is -2.31. The number of carbonyl (C=O) groups excluding carboxylic acids is 2. The minimum absolute atomic E-state index is 0.00809. The molecule has 1 aromatic heterocycles. The van der Waals surface area contributed by atoms with E-state index in [9.17, 15) is 9.59 Å². The van der Waals surface area contributed by atoms with E-state index in [-0.39, 0.29) is 5.91 Å². The number of benzene rings is 1. The fraction of sp³-hybridized carbons (Fsp3) is 0.333. The first-order valence-electron chi connectivity index (χ1n) is 7.73. The third-order valence-corrected chi connectivity index (χ3v) is 4.34. The summed E-state index contributed by atoms with van der Waals surface area (Å²) in [5.74, 6) is 0.631. The van der Waals surface area contributed by atoms with Crippen molar-refractivity contribution < 1.29 is 9.59 Å². The zero-order valence-corrected chi connectivity index (χ0v) is 12.5. The zero-order valence-electron chi connectivity index (χ0n) is 12.5. The van der Waals surface area contributed by atoms with E-state index >= 15 is 0 Å². The number of carbonyl (C=O) groups is 2. The quantitative estimate of drug-likeness (QED) is 0.882. The van der Waals surface area contributed by atoms with Crippen LogP contribution >= 0.6 is 0 Å². The lowest BCUT2D eigenvalue weighted by atomic mass is 9.90. The van der Waals surface area contributed by atoms with Crippen molar-refractivity contribution in [3.63, 3.8) is 0 Å². The summed E-state index contributed by atoms with van der Waals surface area (Å²) >= 11 is 0. The summed E-state index contributed by atoms with van der Waals surface area (Å²) in [4.78, 5) is 27.8. The number of likely N-dealkylation sites (tertiary alicyclic amines) is 1. The molecule has 0 spiro atoms. The maximum absolute atomic E-state index is 12.4. The van der Waals surface area contributed by atoms with Gasteiger partial charge in [-0.05, 0) is 36.8 Å². The highest BCUT2D eigenvalue weighted by Crippen LogP contribution is 2.22. The molecule has 0 saturated carbocycles. The first-order chi connectivity index (χ1) is 10.8. The summed E-state index contributed by atoms with van der Waals surface area (Å²) in [7, 11) is 0. The number of amides is 1.